The molecule has 0 aliphatic rings. The fraction of sp³-hybridized carbons (Fsp3) is 0.500. The van der Waals surface area contributed by atoms with E-state index in [4.69, 9.17) is 16.3 Å². The normalized spacial score (nSPS) is 10.4. The highest BCUT2D eigenvalue weighted by molar-refractivity contribution is 6.30. The Hall–Kier alpha value is -0.770. The molecule has 1 rings (SSSR count). The molecular weight excluding hydrogens is 224 g/mol. The van der Waals surface area contributed by atoms with E-state index in [1.165, 1.54) is 0 Å². The Balaban J connectivity index is 2.01. The zero-order valence-corrected chi connectivity index (χ0v) is 10.4. The maximum absolute atomic E-state index is 5.77. The topological polar surface area (TPSA) is 33.3 Å². The van der Waals surface area contributed by atoms with Crippen molar-refractivity contribution in [2.45, 2.75) is 6.42 Å². The van der Waals surface area contributed by atoms with Gasteiger partial charge in [0.25, 0.3) is 0 Å². The van der Waals surface area contributed by atoms with Gasteiger partial charge in [-0.15, -0.1) is 0 Å². The fourth-order valence-electron chi connectivity index (χ4n) is 1.29. The van der Waals surface area contributed by atoms with Crippen LogP contribution in [-0.2, 0) is 0 Å². The van der Waals surface area contributed by atoms with Crippen LogP contribution >= 0.6 is 11.6 Å². The molecule has 0 aliphatic carbocycles. The predicted octanol–water partition coefficient (Wildman–Crippen LogP) is 1.92. The standard InChI is InChI=1S/C12H19ClN2O/c1-14-7-2-8-15-9-10-16-12-5-3-11(13)4-6-12/h3-6,14-15H,2,7-10H2,1H3. The number of ether oxygens (including phenoxy) is 1. The third-order valence-corrected chi connectivity index (χ3v) is 2.39. The monoisotopic (exact) mass is 242 g/mol. The molecule has 0 bridgehead atoms. The first-order chi connectivity index (χ1) is 7.83. The van der Waals surface area contributed by atoms with Crippen molar-refractivity contribution in [2.24, 2.45) is 0 Å². The average Bonchev–Trinajstić information content (AvgIpc) is 2.30. The van der Waals surface area contributed by atoms with Crippen molar-refractivity contribution in [3.8, 4) is 5.75 Å². The number of hydrogen-bond acceptors (Lipinski definition) is 3. The molecule has 2 N–H and O–H groups in total. The molecule has 0 saturated carbocycles. The smallest absolute Gasteiger partial charge is 0.119 e. The molecule has 0 radical (unpaired) electrons. The molecule has 16 heavy (non-hydrogen) atoms. The molecule has 1 aromatic rings. The Morgan fingerprint density at radius 1 is 1.12 bits per heavy atom. The molecule has 0 aliphatic heterocycles. The van der Waals surface area contributed by atoms with Gasteiger partial charge in [0.2, 0.25) is 0 Å². The van der Waals surface area contributed by atoms with E-state index in [1.807, 2.05) is 31.3 Å². The van der Waals surface area contributed by atoms with Gasteiger partial charge in [-0.1, -0.05) is 11.6 Å². The SMILES string of the molecule is CNCCCNCCOc1ccc(Cl)cc1. The lowest BCUT2D eigenvalue weighted by Gasteiger charge is -2.07. The van der Waals surface area contributed by atoms with Crippen molar-refractivity contribution in [3.63, 3.8) is 0 Å². The van der Waals surface area contributed by atoms with Crippen molar-refractivity contribution in [2.75, 3.05) is 33.3 Å². The summed E-state index contributed by atoms with van der Waals surface area (Å²) >= 11 is 5.77. The zero-order chi connectivity index (χ0) is 11.6. The summed E-state index contributed by atoms with van der Waals surface area (Å²) in [5.74, 6) is 0.862. The second kappa shape index (κ2) is 8.39. The van der Waals surface area contributed by atoms with E-state index in [1.54, 1.807) is 0 Å². The molecule has 0 atom stereocenters. The Labute approximate surface area is 102 Å². The summed E-state index contributed by atoms with van der Waals surface area (Å²) in [6.45, 7) is 3.61. The van der Waals surface area contributed by atoms with E-state index in [0.29, 0.717) is 6.61 Å². The summed E-state index contributed by atoms with van der Waals surface area (Å²) in [6, 6.07) is 7.42. The first kappa shape index (κ1) is 13.3. The molecule has 0 unspecified atom stereocenters. The lowest BCUT2D eigenvalue weighted by Crippen LogP contribution is -2.24. The predicted molar refractivity (Wildman–Crippen MR) is 68.4 cm³/mol. The quantitative estimate of drug-likeness (QED) is 0.684. The Kier molecular flexibility index (Phi) is 6.97. The van der Waals surface area contributed by atoms with Crippen molar-refractivity contribution in [3.05, 3.63) is 29.3 Å². The summed E-state index contributed by atoms with van der Waals surface area (Å²) in [5.41, 5.74) is 0. The van der Waals surface area contributed by atoms with E-state index >= 15 is 0 Å². The van der Waals surface area contributed by atoms with Gasteiger partial charge in [0, 0.05) is 11.6 Å². The first-order valence-corrected chi connectivity index (χ1v) is 5.94. The number of halogens is 1. The maximum Gasteiger partial charge on any atom is 0.119 e. The minimum atomic E-state index is 0.682. The molecule has 3 nitrogen and oxygen atoms in total. The summed E-state index contributed by atoms with van der Waals surface area (Å²) in [4.78, 5) is 0. The Morgan fingerprint density at radius 3 is 2.56 bits per heavy atom. The average molecular weight is 243 g/mol. The van der Waals surface area contributed by atoms with E-state index in [2.05, 4.69) is 10.6 Å². The summed E-state index contributed by atoms with van der Waals surface area (Å²) < 4.78 is 5.53. The second-order valence-corrected chi connectivity index (χ2v) is 3.95. The zero-order valence-electron chi connectivity index (χ0n) is 9.63. The van der Waals surface area contributed by atoms with Crippen LogP contribution in [-0.4, -0.2) is 33.3 Å². The van der Waals surface area contributed by atoms with Gasteiger partial charge in [-0.25, -0.2) is 0 Å². The van der Waals surface area contributed by atoms with Crippen molar-refractivity contribution >= 4 is 11.6 Å². The molecule has 0 fully saturated rings. The van der Waals surface area contributed by atoms with Crippen LogP contribution in [0.5, 0.6) is 5.75 Å². The van der Waals surface area contributed by atoms with Gasteiger partial charge < -0.3 is 15.4 Å². The van der Waals surface area contributed by atoms with E-state index in [0.717, 1.165) is 36.8 Å². The van der Waals surface area contributed by atoms with E-state index < -0.39 is 0 Å². The van der Waals surface area contributed by atoms with Crippen LogP contribution in [0.4, 0.5) is 0 Å². The third-order valence-electron chi connectivity index (χ3n) is 2.14. The molecule has 0 heterocycles. The van der Waals surface area contributed by atoms with E-state index in [9.17, 15) is 0 Å². The van der Waals surface area contributed by atoms with Gasteiger partial charge in [-0.2, -0.15) is 0 Å². The number of benzene rings is 1. The summed E-state index contributed by atoms with van der Waals surface area (Å²) in [7, 11) is 1.96. The van der Waals surface area contributed by atoms with Crippen LogP contribution in [0.15, 0.2) is 24.3 Å². The fourth-order valence-corrected chi connectivity index (χ4v) is 1.41. The van der Waals surface area contributed by atoms with Crippen LogP contribution in [0, 0.1) is 0 Å². The minimum Gasteiger partial charge on any atom is -0.492 e. The van der Waals surface area contributed by atoms with Gasteiger partial charge in [0.1, 0.15) is 12.4 Å². The molecule has 0 aromatic heterocycles. The van der Waals surface area contributed by atoms with Gasteiger partial charge in [0.15, 0.2) is 0 Å². The van der Waals surface area contributed by atoms with Gasteiger partial charge >= 0.3 is 0 Å². The lowest BCUT2D eigenvalue weighted by molar-refractivity contribution is 0.314. The van der Waals surface area contributed by atoms with Gasteiger partial charge in [-0.05, 0) is 50.8 Å². The van der Waals surface area contributed by atoms with Crippen LogP contribution in [0.1, 0.15) is 6.42 Å². The van der Waals surface area contributed by atoms with E-state index in [-0.39, 0.29) is 0 Å². The molecular formula is C12H19ClN2O. The molecule has 0 saturated heterocycles. The largest absolute Gasteiger partial charge is 0.492 e. The van der Waals surface area contributed by atoms with Gasteiger partial charge in [-0.3, -0.25) is 0 Å². The highest BCUT2D eigenvalue weighted by atomic mass is 35.5. The summed E-state index contributed by atoms with van der Waals surface area (Å²) in [6.07, 6.45) is 1.14. The van der Waals surface area contributed by atoms with Crippen molar-refractivity contribution in [1.29, 1.82) is 0 Å². The molecule has 0 amide bonds. The van der Waals surface area contributed by atoms with Gasteiger partial charge in [0.05, 0.1) is 0 Å². The van der Waals surface area contributed by atoms with Crippen LogP contribution in [0.2, 0.25) is 5.02 Å². The Bertz CT molecular complexity index is 277. The molecule has 0 spiro atoms. The lowest BCUT2D eigenvalue weighted by atomic mass is 10.3. The number of rotatable bonds is 8. The highest BCUT2D eigenvalue weighted by Gasteiger charge is 1.93. The van der Waals surface area contributed by atoms with Crippen LogP contribution in [0.25, 0.3) is 0 Å². The number of nitrogens with one attached hydrogen (secondary N) is 2. The maximum atomic E-state index is 5.77. The summed E-state index contributed by atoms with van der Waals surface area (Å²) in [5, 5.41) is 7.15. The van der Waals surface area contributed by atoms with Crippen LogP contribution < -0.4 is 15.4 Å². The minimum absolute atomic E-state index is 0.682. The highest BCUT2D eigenvalue weighted by Crippen LogP contribution is 2.14. The van der Waals surface area contributed by atoms with Crippen LogP contribution in [0.3, 0.4) is 0 Å². The molecule has 90 valence electrons. The molecule has 4 heteroatoms. The van der Waals surface area contributed by atoms with Crippen molar-refractivity contribution in [1.82, 2.24) is 10.6 Å². The second-order valence-electron chi connectivity index (χ2n) is 3.51. The molecule has 1 aromatic carbocycles. The Morgan fingerprint density at radius 2 is 1.88 bits per heavy atom. The third kappa shape index (κ3) is 5.95. The first-order valence-electron chi connectivity index (χ1n) is 5.56. The van der Waals surface area contributed by atoms with Crippen molar-refractivity contribution < 1.29 is 4.74 Å². The number of hydrogen-bond donors (Lipinski definition) is 2.